The molecular weight excluding hydrogens is 300 g/mol. The van der Waals surface area contributed by atoms with Gasteiger partial charge in [-0.2, -0.15) is 0 Å². The van der Waals surface area contributed by atoms with Crippen LogP contribution < -0.4 is 0 Å². The van der Waals surface area contributed by atoms with E-state index in [0.717, 1.165) is 6.42 Å². The van der Waals surface area contributed by atoms with Crippen molar-refractivity contribution >= 4 is 32.3 Å². The summed E-state index contributed by atoms with van der Waals surface area (Å²) in [5, 5.41) is 8.37. The van der Waals surface area contributed by atoms with E-state index in [4.69, 9.17) is 0 Å². The minimum Gasteiger partial charge on any atom is -0.0651 e. The van der Waals surface area contributed by atoms with Crippen LogP contribution in [0.2, 0.25) is 0 Å². The van der Waals surface area contributed by atoms with Crippen LogP contribution in [0.15, 0.2) is 91.0 Å². The summed E-state index contributed by atoms with van der Waals surface area (Å²) in [5.41, 5.74) is 1.48. The smallest absolute Gasteiger partial charge is 0.00240 e. The van der Waals surface area contributed by atoms with E-state index in [2.05, 4.69) is 61.5 Å². The molecule has 0 aliphatic carbocycles. The van der Waals surface area contributed by atoms with Crippen LogP contribution in [0, 0.1) is 0 Å². The molecule has 0 atom stereocenters. The first-order valence-corrected chi connectivity index (χ1v) is 9.04. The van der Waals surface area contributed by atoms with Crippen LogP contribution in [0.4, 0.5) is 0 Å². The van der Waals surface area contributed by atoms with E-state index in [9.17, 15) is 0 Å². The standard InChI is InChI=1S/C19H16.C6H6/c1-2-4-13-7-8-16-10-9-14-5-3-6-15-11-12-17(13)19(16)18(14)15;1-2-4-6-5-3-1/h3,5-12H,2,4H2,1H3;1-6H. The normalized spacial score (nSPS) is 10.9. The lowest BCUT2D eigenvalue weighted by atomic mass is 9.91. The van der Waals surface area contributed by atoms with Crippen LogP contribution in [-0.2, 0) is 6.42 Å². The molecule has 5 aromatic carbocycles. The third kappa shape index (κ3) is 2.96. The molecule has 0 heterocycles. The average molecular weight is 322 g/mol. The Labute approximate surface area is 149 Å². The van der Waals surface area contributed by atoms with Gasteiger partial charge in [-0.25, -0.2) is 0 Å². The molecule has 0 saturated carbocycles. The van der Waals surface area contributed by atoms with E-state index in [0.29, 0.717) is 0 Å². The highest BCUT2D eigenvalue weighted by Gasteiger charge is 2.09. The quantitative estimate of drug-likeness (QED) is 0.301. The third-order valence-electron chi connectivity index (χ3n) is 4.80. The topological polar surface area (TPSA) is 0 Å². The molecule has 0 nitrogen and oxygen atoms in total. The van der Waals surface area contributed by atoms with Crippen LogP contribution in [0.1, 0.15) is 18.9 Å². The van der Waals surface area contributed by atoms with Gasteiger partial charge in [0.2, 0.25) is 0 Å². The van der Waals surface area contributed by atoms with Gasteiger partial charge in [-0.15, -0.1) is 0 Å². The summed E-state index contributed by atoms with van der Waals surface area (Å²) in [5.74, 6) is 0. The molecule has 0 saturated heterocycles. The fourth-order valence-electron chi connectivity index (χ4n) is 3.67. The number of hydrogen-bond acceptors (Lipinski definition) is 0. The molecule has 0 radical (unpaired) electrons. The van der Waals surface area contributed by atoms with E-state index < -0.39 is 0 Å². The van der Waals surface area contributed by atoms with Crippen molar-refractivity contribution < 1.29 is 0 Å². The van der Waals surface area contributed by atoms with E-state index >= 15 is 0 Å². The molecule has 0 spiro atoms. The van der Waals surface area contributed by atoms with Gasteiger partial charge in [-0.05, 0) is 44.3 Å². The second-order valence-corrected chi connectivity index (χ2v) is 6.49. The first-order valence-electron chi connectivity index (χ1n) is 9.04. The third-order valence-corrected chi connectivity index (χ3v) is 4.80. The Morgan fingerprint density at radius 2 is 1.04 bits per heavy atom. The molecule has 0 amide bonds. The molecule has 0 fully saturated rings. The zero-order valence-corrected chi connectivity index (χ0v) is 14.6. The monoisotopic (exact) mass is 322 g/mol. The van der Waals surface area contributed by atoms with Crippen LogP contribution in [0.3, 0.4) is 0 Å². The zero-order valence-electron chi connectivity index (χ0n) is 14.6. The zero-order chi connectivity index (χ0) is 17.1. The van der Waals surface area contributed by atoms with Crippen LogP contribution >= 0.6 is 0 Å². The summed E-state index contributed by atoms with van der Waals surface area (Å²) >= 11 is 0. The number of rotatable bonds is 2. The van der Waals surface area contributed by atoms with Gasteiger partial charge < -0.3 is 0 Å². The van der Waals surface area contributed by atoms with E-state index in [1.807, 2.05) is 36.4 Å². The fraction of sp³-hybridized carbons (Fsp3) is 0.120. The minimum absolute atomic E-state index is 1.16. The summed E-state index contributed by atoms with van der Waals surface area (Å²) in [6.45, 7) is 2.25. The molecule has 25 heavy (non-hydrogen) atoms. The van der Waals surface area contributed by atoms with Crippen LogP contribution in [0.5, 0.6) is 0 Å². The van der Waals surface area contributed by atoms with Crippen molar-refractivity contribution in [1.29, 1.82) is 0 Å². The van der Waals surface area contributed by atoms with Crippen LogP contribution in [-0.4, -0.2) is 0 Å². The molecule has 0 heteroatoms. The second kappa shape index (κ2) is 6.94. The minimum atomic E-state index is 1.16. The predicted molar refractivity (Wildman–Crippen MR) is 111 cm³/mol. The molecule has 0 aliphatic heterocycles. The summed E-state index contributed by atoms with van der Waals surface area (Å²) in [4.78, 5) is 0. The molecule has 5 aromatic rings. The van der Waals surface area contributed by atoms with Crippen molar-refractivity contribution in [3.05, 3.63) is 96.6 Å². The summed E-state index contributed by atoms with van der Waals surface area (Å²) < 4.78 is 0. The lowest BCUT2D eigenvalue weighted by molar-refractivity contribution is 0.930. The molecule has 0 bridgehead atoms. The molecule has 122 valence electrons. The second-order valence-electron chi connectivity index (χ2n) is 6.49. The largest absolute Gasteiger partial charge is 0.0651 e. The molecule has 5 rings (SSSR count). The molecule has 0 unspecified atom stereocenters. The average Bonchev–Trinajstić information content (AvgIpc) is 2.69. The maximum absolute atomic E-state index is 2.30. The van der Waals surface area contributed by atoms with Crippen molar-refractivity contribution in [2.45, 2.75) is 19.8 Å². The van der Waals surface area contributed by atoms with Crippen molar-refractivity contribution in [2.75, 3.05) is 0 Å². The maximum atomic E-state index is 2.30. The van der Waals surface area contributed by atoms with E-state index in [1.165, 1.54) is 44.3 Å². The van der Waals surface area contributed by atoms with E-state index in [1.54, 1.807) is 0 Å². The highest BCUT2D eigenvalue weighted by molar-refractivity contribution is 6.23. The fourth-order valence-corrected chi connectivity index (χ4v) is 3.67. The van der Waals surface area contributed by atoms with Gasteiger partial charge in [-0.1, -0.05) is 104 Å². The highest BCUT2D eigenvalue weighted by Crippen LogP contribution is 2.36. The Kier molecular flexibility index (Phi) is 4.35. The molecule has 0 N–H and O–H groups in total. The first kappa shape index (κ1) is 15.7. The van der Waals surface area contributed by atoms with Gasteiger partial charge in [-0.3, -0.25) is 0 Å². The van der Waals surface area contributed by atoms with Crippen molar-refractivity contribution in [2.24, 2.45) is 0 Å². The Balaban J connectivity index is 0.000000223. The molecule has 0 aromatic heterocycles. The van der Waals surface area contributed by atoms with Gasteiger partial charge in [0.1, 0.15) is 0 Å². The van der Waals surface area contributed by atoms with Gasteiger partial charge in [0, 0.05) is 0 Å². The Morgan fingerprint density at radius 3 is 1.64 bits per heavy atom. The Hall–Kier alpha value is -2.86. The highest BCUT2D eigenvalue weighted by atomic mass is 14.1. The maximum Gasteiger partial charge on any atom is -0.00240 e. The Bertz CT molecular complexity index is 1050. The summed E-state index contributed by atoms with van der Waals surface area (Å²) in [6.07, 6.45) is 2.36. The van der Waals surface area contributed by atoms with Gasteiger partial charge in [0.05, 0.1) is 0 Å². The van der Waals surface area contributed by atoms with E-state index in [-0.39, 0.29) is 0 Å². The SMILES string of the molecule is CCCc1ccc2ccc3cccc4ccc1c2c34.c1ccccc1. The summed E-state index contributed by atoms with van der Waals surface area (Å²) in [7, 11) is 0. The van der Waals surface area contributed by atoms with Gasteiger partial charge in [0.15, 0.2) is 0 Å². The first-order chi connectivity index (χ1) is 12.4. The van der Waals surface area contributed by atoms with Crippen molar-refractivity contribution in [3.63, 3.8) is 0 Å². The number of hydrogen-bond donors (Lipinski definition) is 0. The number of aryl methyl sites for hydroxylation is 1. The van der Waals surface area contributed by atoms with Gasteiger partial charge in [0.25, 0.3) is 0 Å². The summed E-state index contributed by atoms with van der Waals surface area (Å²) in [6, 6.07) is 32.2. The van der Waals surface area contributed by atoms with Crippen LogP contribution in [0.25, 0.3) is 32.3 Å². The lowest BCUT2D eigenvalue weighted by Crippen LogP contribution is -1.89. The molecule has 0 aliphatic rings. The number of benzene rings is 5. The predicted octanol–water partition coefficient (Wildman–Crippen LogP) is 7.22. The van der Waals surface area contributed by atoms with Gasteiger partial charge >= 0.3 is 0 Å². The van der Waals surface area contributed by atoms with Crippen molar-refractivity contribution in [3.8, 4) is 0 Å². The lowest BCUT2D eigenvalue weighted by Gasteiger charge is -2.13. The van der Waals surface area contributed by atoms with Crippen molar-refractivity contribution in [1.82, 2.24) is 0 Å². The Morgan fingerprint density at radius 1 is 0.520 bits per heavy atom. The molecular formula is C25H22.